The lowest BCUT2D eigenvalue weighted by Gasteiger charge is -2.13. The minimum Gasteiger partial charge on any atom is -0.350 e. The van der Waals surface area contributed by atoms with Gasteiger partial charge in [0.25, 0.3) is 5.91 Å². The Bertz CT molecular complexity index is 1300. The quantitative estimate of drug-likeness (QED) is 0.411. The van der Waals surface area contributed by atoms with Crippen LogP contribution in [0.25, 0.3) is 21.9 Å². The molecular weight excluding hydrogens is 422 g/mol. The number of fused-ring (bicyclic) bond motifs is 1. The number of rotatable bonds is 8. The van der Waals surface area contributed by atoms with Gasteiger partial charge in [-0.1, -0.05) is 78.9 Å². The molecule has 0 bridgehead atoms. The summed E-state index contributed by atoms with van der Waals surface area (Å²) in [6.45, 7) is 1.20. The van der Waals surface area contributed by atoms with Crippen LogP contribution in [0.1, 0.15) is 21.5 Å². The summed E-state index contributed by atoms with van der Waals surface area (Å²) in [6.07, 6.45) is 0. The van der Waals surface area contributed by atoms with Crippen molar-refractivity contribution >= 4 is 22.6 Å². The maximum Gasteiger partial charge on any atom is 0.251 e. The maximum atomic E-state index is 12.5. The first kappa shape index (κ1) is 23.2. The zero-order valence-electron chi connectivity index (χ0n) is 19.5. The van der Waals surface area contributed by atoms with Crippen molar-refractivity contribution in [1.29, 1.82) is 0 Å². The summed E-state index contributed by atoms with van der Waals surface area (Å²) in [6, 6.07) is 29.9. The van der Waals surface area contributed by atoms with Gasteiger partial charge in [0.2, 0.25) is 5.91 Å². The summed E-state index contributed by atoms with van der Waals surface area (Å²) in [5, 5.41) is 7.70. The average molecular weight is 452 g/mol. The van der Waals surface area contributed by atoms with Gasteiger partial charge >= 0.3 is 0 Å². The molecule has 0 fully saturated rings. The molecular formula is C29H29N3O2. The van der Waals surface area contributed by atoms with Gasteiger partial charge in [0.1, 0.15) is 0 Å². The highest BCUT2D eigenvalue weighted by Crippen LogP contribution is 2.24. The third kappa shape index (κ3) is 5.88. The van der Waals surface area contributed by atoms with Crippen LogP contribution in [0.3, 0.4) is 0 Å². The zero-order valence-corrected chi connectivity index (χ0v) is 19.5. The lowest BCUT2D eigenvalue weighted by Crippen LogP contribution is -2.36. The topological polar surface area (TPSA) is 61.4 Å². The number of carbonyl (C=O) groups excluding carboxylic acids is 2. The fourth-order valence-corrected chi connectivity index (χ4v) is 3.96. The molecule has 0 radical (unpaired) electrons. The molecule has 0 saturated carbocycles. The van der Waals surface area contributed by atoms with Crippen LogP contribution in [0.2, 0.25) is 0 Å². The van der Waals surface area contributed by atoms with E-state index in [0.29, 0.717) is 12.1 Å². The van der Waals surface area contributed by atoms with Gasteiger partial charge in [0.05, 0.1) is 6.54 Å². The molecule has 0 aliphatic heterocycles. The van der Waals surface area contributed by atoms with Crippen molar-refractivity contribution in [2.24, 2.45) is 0 Å². The third-order valence-electron chi connectivity index (χ3n) is 5.68. The van der Waals surface area contributed by atoms with Crippen molar-refractivity contribution in [3.8, 4) is 11.1 Å². The van der Waals surface area contributed by atoms with Crippen LogP contribution in [0.15, 0.2) is 91.0 Å². The van der Waals surface area contributed by atoms with Crippen molar-refractivity contribution in [2.45, 2.75) is 13.1 Å². The molecule has 5 nitrogen and oxygen atoms in total. The van der Waals surface area contributed by atoms with E-state index in [1.165, 1.54) is 5.56 Å². The highest BCUT2D eigenvalue weighted by atomic mass is 16.2. The largest absolute Gasteiger partial charge is 0.350 e. The predicted molar refractivity (Wildman–Crippen MR) is 137 cm³/mol. The first-order valence-corrected chi connectivity index (χ1v) is 11.4. The van der Waals surface area contributed by atoms with Gasteiger partial charge in [-0.3, -0.25) is 9.59 Å². The molecule has 0 unspecified atom stereocenters. The summed E-state index contributed by atoms with van der Waals surface area (Å²) < 4.78 is 0. The Kier molecular flexibility index (Phi) is 7.35. The zero-order chi connectivity index (χ0) is 23.9. The molecule has 2 amide bonds. The van der Waals surface area contributed by atoms with Gasteiger partial charge in [0, 0.05) is 18.7 Å². The van der Waals surface area contributed by atoms with Crippen LogP contribution in [0, 0.1) is 0 Å². The molecule has 0 aliphatic rings. The van der Waals surface area contributed by atoms with Gasteiger partial charge < -0.3 is 15.5 Å². The minimum absolute atomic E-state index is 0.0763. The molecule has 4 aromatic rings. The number of carbonyl (C=O) groups is 2. The summed E-state index contributed by atoms with van der Waals surface area (Å²) in [5.74, 6) is -0.496. The molecule has 0 aromatic heterocycles. The lowest BCUT2D eigenvalue weighted by molar-refractivity contribution is -0.120. The standard InChI is InChI=1S/C29H29N3O2/c1-32(2)20-21-11-13-23(14-12-21)27-10-6-5-9-26(27)18-30-28(33)19-31-29(34)25-16-15-22-7-3-4-8-24(22)17-25/h3-17H,18-20H2,1-2H3,(H,30,33)(H,31,34). The Labute approximate surface area is 200 Å². The molecule has 0 aliphatic carbocycles. The van der Waals surface area contributed by atoms with Crippen LogP contribution in [0.5, 0.6) is 0 Å². The Hall–Kier alpha value is -3.96. The Balaban J connectivity index is 1.34. The molecule has 0 saturated heterocycles. The number of benzene rings is 4. The van der Waals surface area contributed by atoms with Crippen molar-refractivity contribution in [3.05, 3.63) is 108 Å². The molecule has 2 N–H and O–H groups in total. The normalized spacial score (nSPS) is 10.9. The molecule has 172 valence electrons. The van der Waals surface area contributed by atoms with Crippen LogP contribution >= 0.6 is 0 Å². The van der Waals surface area contributed by atoms with Crippen molar-refractivity contribution in [1.82, 2.24) is 15.5 Å². The second-order valence-corrected chi connectivity index (χ2v) is 8.61. The third-order valence-corrected chi connectivity index (χ3v) is 5.68. The van der Waals surface area contributed by atoms with E-state index < -0.39 is 0 Å². The number of amides is 2. The van der Waals surface area contributed by atoms with Crippen LogP contribution < -0.4 is 10.6 Å². The van der Waals surface area contributed by atoms with Gasteiger partial charge in [-0.2, -0.15) is 0 Å². The van der Waals surface area contributed by atoms with Crippen LogP contribution in [0.4, 0.5) is 0 Å². The van der Waals surface area contributed by atoms with Crippen molar-refractivity contribution in [3.63, 3.8) is 0 Å². The highest BCUT2D eigenvalue weighted by Gasteiger charge is 2.10. The second-order valence-electron chi connectivity index (χ2n) is 8.61. The summed E-state index contributed by atoms with van der Waals surface area (Å²) in [5.41, 5.74) is 5.00. The molecule has 0 spiro atoms. The minimum atomic E-state index is -0.265. The molecule has 0 atom stereocenters. The van der Waals surface area contributed by atoms with E-state index in [4.69, 9.17) is 0 Å². The van der Waals surface area contributed by atoms with Gasteiger partial charge in [-0.25, -0.2) is 0 Å². The van der Waals surface area contributed by atoms with Crippen LogP contribution in [-0.4, -0.2) is 37.4 Å². The predicted octanol–water partition coefficient (Wildman–Crippen LogP) is 4.61. The maximum absolute atomic E-state index is 12.5. The molecule has 5 heteroatoms. The number of nitrogens with one attached hydrogen (secondary N) is 2. The Morgan fingerprint density at radius 1 is 0.765 bits per heavy atom. The summed E-state index contributed by atoms with van der Waals surface area (Å²) in [7, 11) is 4.10. The van der Waals surface area contributed by atoms with Gasteiger partial charge in [-0.05, 0) is 59.3 Å². The number of hydrogen-bond donors (Lipinski definition) is 2. The number of nitrogens with zero attached hydrogens (tertiary/aromatic N) is 1. The summed E-state index contributed by atoms with van der Waals surface area (Å²) in [4.78, 5) is 27.1. The van der Waals surface area contributed by atoms with Gasteiger partial charge in [0.15, 0.2) is 0 Å². The van der Waals surface area contributed by atoms with Gasteiger partial charge in [-0.15, -0.1) is 0 Å². The van der Waals surface area contributed by atoms with Crippen molar-refractivity contribution in [2.75, 3.05) is 20.6 Å². The van der Waals surface area contributed by atoms with E-state index in [-0.39, 0.29) is 18.4 Å². The smallest absolute Gasteiger partial charge is 0.251 e. The SMILES string of the molecule is CN(C)Cc1ccc(-c2ccccc2CNC(=O)CNC(=O)c2ccc3ccccc3c2)cc1. The van der Waals surface area contributed by atoms with E-state index in [9.17, 15) is 9.59 Å². The van der Waals surface area contributed by atoms with E-state index in [0.717, 1.165) is 34.0 Å². The second kappa shape index (κ2) is 10.8. The average Bonchev–Trinajstić information content (AvgIpc) is 2.86. The monoisotopic (exact) mass is 451 g/mol. The molecule has 4 rings (SSSR count). The first-order valence-electron chi connectivity index (χ1n) is 11.4. The summed E-state index contributed by atoms with van der Waals surface area (Å²) >= 11 is 0. The Morgan fingerprint density at radius 3 is 2.24 bits per heavy atom. The van der Waals surface area contributed by atoms with E-state index in [1.807, 2.05) is 54.6 Å². The van der Waals surface area contributed by atoms with E-state index in [2.05, 4.69) is 60.0 Å². The fourth-order valence-electron chi connectivity index (χ4n) is 3.96. The van der Waals surface area contributed by atoms with Crippen LogP contribution in [-0.2, 0) is 17.9 Å². The number of hydrogen-bond acceptors (Lipinski definition) is 3. The molecule has 34 heavy (non-hydrogen) atoms. The Morgan fingerprint density at radius 2 is 1.47 bits per heavy atom. The highest BCUT2D eigenvalue weighted by molar-refractivity contribution is 6.00. The van der Waals surface area contributed by atoms with E-state index in [1.54, 1.807) is 6.07 Å². The molecule has 4 aromatic carbocycles. The lowest BCUT2D eigenvalue weighted by atomic mass is 9.98. The van der Waals surface area contributed by atoms with Crippen molar-refractivity contribution < 1.29 is 9.59 Å². The molecule has 0 heterocycles. The van der Waals surface area contributed by atoms with E-state index >= 15 is 0 Å². The first-order chi connectivity index (χ1) is 16.5. The fraction of sp³-hybridized carbons (Fsp3) is 0.172.